The zero-order valence-corrected chi connectivity index (χ0v) is 13.4. The number of carbonyl (C=O) groups is 2. The second kappa shape index (κ2) is 7.59. The predicted octanol–water partition coefficient (Wildman–Crippen LogP) is 1.68. The van der Waals surface area contributed by atoms with Crippen molar-refractivity contribution in [3.05, 3.63) is 48.8 Å². The van der Waals surface area contributed by atoms with Crippen LogP contribution < -0.4 is 11.1 Å². The zero-order chi connectivity index (χ0) is 16.8. The number of carbonyl (C=O) groups excluding carboxylic acids is 2. The van der Waals surface area contributed by atoms with Crippen LogP contribution in [0.4, 0.5) is 5.69 Å². The number of hydrogen-bond donors (Lipinski definition) is 2. The summed E-state index contributed by atoms with van der Waals surface area (Å²) in [5, 5.41) is 10.9. The number of nitrogens with zero attached hydrogens (tertiary/aromatic N) is 3. The van der Waals surface area contributed by atoms with Crippen LogP contribution in [0.3, 0.4) is 0 Å². The van der Waals surface area contributed by atoms with Crippen LogP contribution in [-0.4, -0.2) is 31.8 Å². The Morgan fingerprint density at radius 1 is 1.43 bits per heavy atom. The summed E-state index contributed by atoms with van der Waals surface area (Å²) in [5.74, 6) is -0.677. The standard InChI is InChI=1S/C15H17N5O2S/c1-3-8-20-9-17-19-15(20)23-10(2)14(22)18-12-6-4-11(5-7-12)13(16)21/h3-7,9-10H,1,8H2,2H3,(H2,16,21)(H,18,22)/t10-/m1/s1. The summed E-state index contributed by atoms with van der Waals surface area (Å²) in [6.07, 6.45) is 3.33. The number of primary amides is 1. The van der Waals surface area contributed by atoms with Crippen molar-refractivity contribution in [1.82, 2.24) is 14.8 Å². The number of allylic oxidation sites excluding steroid dienone is 1. The number of hydrogen-bond acceptors (Lipinski definition) is 5. The Labute approximate surface area is 138 Å². The highest BCUT2D eigenvalue weighted by atomic mass is 32.2. The lowest BCUT2D eigenvalue weighted by atomic mass is 10.2. The molecule has 120 valence electrons. The molecule has 3 N–H and O–H groups in total. The van der Waals surface area contributed by atoms with E-state index in [9.17, 15) is 9.59 Å². The van der Waals surface area contributed by atoms with Crippen molar-refractivity contribution in [3.63, 3.8) is 0 Å². The number of aromatic nitrogens is 3. The molecule has 0 unspecified atom stereocenters. The minimum atomic E-state index is -0.506. The molecule has 1 heterocycles. The third-order valence-electron chi connectivity index (χ3n) is 2.99. The van der Waals surface area contributed by atoms with E-state index in [0.29, 0.717) is 23.0 Å². The molecule has 8 heteroatoms. The van der Waals surface area contributed by atoms with E-state index in [4.69, 9.17) is 5.73 Å². The average Bonchev–Trinajstić information content (AvgIpc) is 2.95. The van der Waals surface area contributed by atoms with E-state index in [1.54, 1.807) is 43.6 Å². The molecule has 2 amide bonds. The predicted molar refractivity (Wildman–Crippen MR) is 89.1 cm³/mol. The van der Waals surface area contributed by atoms with Crippen molar-refractivity contribution in [2.75, 3.05) is 5.32 Å². The van der Waals surface area contributed by atoms with Gasteiger partial charge < -0.3 is 15.6 Å². The lowest BCUT2D eigenvalue weighted by Gasteiger charge is -2.12. The average molecular weight is 331 g/mol. The van der Waals surface area contributed by atoms with Crippen LogP contribution in [0, 0.1) is 0 Å². The second-order valence-electron chi connectivity index (χ2n) is 4.75. The van der Waals surface area contributed by atoms with E-state index < -0.39 is 5.91 Å². The molecule has 0 aliphatic heterocycles. The van der Waals surface area contributed by atoms with Crippen LogP contribution in [0.15, 0.2) is 48.4 Å². The van der Waals surface area contributed by atoms with Gasteiger partial charge in [0.1, 0.15) is 6.33 Å². The van der Waals surface area contributed by atoms with Gasteiger partial charge in [0.2, 0.25) is 11.8 Å². The summed E-state index contributed by atoms with van der Waals surface area (Å²) in [6, 6.07) is 6.40. The summed E-state index contributed by atoms with van der Waals surface area (Å²) in [7, 11) is 0. The van der Waals surface area contributed by atoms with Gasteiger partial charge in [-0.05, 0) is 31.2 Å². The summed E-state index contributed by atoms with van der Waals surface area (Å²) in [5.41, 5.74) is 6.16. The quantitative estimate of drug-likeness (QED) is 0.593. The molecule has 0 aliphatic carbocycles. The Hall–Kier alpha value is -2.61. The van der Waals surface area contributed by atoms with Gasteiger partial charge in [0.05, 0.1) is 5.25 Å². The summed E-state index contributed by atoms with van der Waals surface area (Å²) >= 11 is 1.31. The fourth-order valence-corrected chi connectivity index (χ4v) is 2.61. The minimum Gasteiger partial charge on any atom is -0.366 e. The smallest absolute Gasteiger partial charge is 0.248 e. The van der Waals surface area contributed by atoms with E-state index in [1.165, 1.54) is 11.8 Å². The third kappa shape index (κ3) is 4.43. The molecule has 2 aromatic rings. The third-order valence-corrected chi connectivity index (χ3v) is 4.09. The molecule has 0 spiro atoms. The molecule has 7 nitrogen and oxygen atoms in total. The van der Waals surface area contributed by atoms with E-state index >= 15 is 0 Å². The topological polar surface area (TPSA) is 103 Å². The monoisotopic (exact) mass is 331 g/mol. The first kappa shape index (κ1) is 16.8. The fraction of sp³-hybridized carbons (Fsp3) is 0.200. The molecule has 23 heavy (non-hydrogen) atoms. The van der Waals surface area contributed by atoms with Crippen molar-refractivity contribution in [1.29, 1.82) is 0 Å². The van der Waals surface area contributed by atoms with Crippen LogP contribution in [0.1, 0.15) is 17.3 Å². The molecular formula is C15H17N5O2S. The number of nitrogens with two attached hydrogens (primary N) is 1. The van der Waals surface area contributed by atoms with Crippen LogP contribution in [-0.2, 0) is 11.3 Å². The zero-order valence-electron chi connectivity index (χ0n) is 12.6. The summed E-state index contributed by atoms with van der Waals surface area (Å²) in [4.78, 5) is 23.2. The highest BCUT2D eigenvalue weighted by Crippen LogP contribution is 2.22. The first-order valence-electron chi connectivity index (χ1n) is 6.87. The summed E-state index contributed by atoms with van der Waals surface area (Å²) in [6.45, 7) is 6.03. The Morgan fingerprint density at radius 3 is 2.74 bits per heavy atom. The minimum absolute atomic E-state index is 0.171. The van der Waals surface area contributed by atoms with E-state index in [0.717, 1.165) is 0 Å². The van der Waals surface area contributed by atoms with Crippen LogP contribution in [0.2, 0.25) is 0 Å². The van der Waals surface area contributed by atoms with Crippen molar-refractivity contribution < 1.29 is 9.59 Å². The van der Waals surface area contributed by atoms with Gasteiger partial charge >= 0.3 is 0 Å². The highest BCUT2D eigenvalue weighted by molar-refractivity contribution is 8.00. The Balaban J connectivity index is 1.98. The molecular weight excluding hydrogens is 314 g/mol. The SMILES string of the molecule is C=CCn1cnnc1S[C@H](C)C(=O)Nc1ccc(C(N)=O)cc1. The Kier molecular flexibility index (Phi) is 5.53. The Morgan fingerprint density at radius 2 is 2.13 bits per heavy atom. The van der Waals surface area contributed by atoms with Gasteiger partial charge in [0.15, 0.2) is 5.16 Å². The molecule has 1 aromatic heterocycles. The maximum atomic E-state index is 12.2. The van der Waals surface area contributed by atoms with Gasteiger partial charge in [-0.2, -0.15) is 0 Å². The Bertz CT molecular complexity index is 711. The van der Waals surface area contributed by atoms with Gasteiger partial charge in [-0.3, -0.25) is 9.59 Å². The first-order valence-corrected chi connectivity index (χ1v) is 7.75. The van der Waals surface area contributed by atoms with Gasteiger partial charge in [-0.25, -0.2) is 0 Å². The second-order valence-corrected chi connectivity index (χ2v) is 6.05. The maximum absolute atomic E-state index is 12.2. The van der Waals surface area contributed by atoms with E-state index in [-0.39, 0.29) is 11.2 Å². The van der Waals surface area contributed by atoms with Gasteiger partial charge in [0.25, 0.3) is 0 Å². The lowest BCUT2D eigenvalue weighted by Crippen LogP contribution is -2.23. The maximum Gasteiger partial charge on any atom is 0.248 e. The van der Waals surface area contributed by atoms with Crippen molar-refractivity contribution in [2.45, 2.75) is 23.9 Å². The van der Waals surface area contributed by atoms with Crippen LogP contribution in [0.5, 0.6) is 0 Å². The highest BCUT2D eigenvalue weighted by Gasteiger charge is 2.17. The van der Waals surface area contributed by atoms with Gasteiger partial charge in [-0.15, -0.1) is 16.8 Å². The largest absolute Gasteiger partial charge is 0.366 e. The number of nitrogens with one attached hydrogen (secondary N) is 1. The normalized spacial score (nSPS) is 11.7. The molecule has 0 aliphatic rings. The van der Waals surface area contributed by atoms with E-state index in [2.05, 4.69) is 22.1 Å². The molecule has 0 radical (unpaired) electrons. The van der Waals surface area contributed by atoms with Crippen molar-refractivity contribution in [2.24, 2.45) is 5.73 Å². The molecule has 1 aromatic carbocycles. The molecule has 0 fully saturated rings. The van der Waals surface area contributed by atoms with E-state index in [1.807, 2.05) is 4.57 Å². The van der Waals surface area contributed by atoms with Crippen molar-refractivity contribution in [3.8, 4) is 0 Å². The molecule has 0 saturated carbocycles. The van der Waals surface area contributed by atoms with Gasteiger partial charge in [0, 0.05) is 17.8 Å². The van der Waals surface area contributed by atoms with Gasteiger partial charge in [-0.1, -0.05) is 17.8 Å². The number of thioether (sulfide) groups is 1. The fourth-order valence-electron chi connectivity index (χ4n) is 1.77. The first-order chi connectivity index (χ1) is 11.0. The van der Waals surface area contributed by atoms with Crippen LogP contribution in [0.25, 0.3) is 0 Å². The summed E-state index contributed by atoms with van der Waals surface area (Å²) < 4.78 is 1.81. The number of rotatable bonds is 7. The molecule has 0 bridgehead atoms. The lowest BCUT2D eigenvalue weighted by molar-refractivity contribution is -0.115. The number of amides is 2. The molecule has 0 saturated heterocycles. The molecule has 1 atom stereocenters. The number of anilines is 1. The number of benzene rings is 1. The molecule has 2 rings (SSSR count). The van der Waals surface area contributed by atoms with Crippen molar-refractivity contribution >= 4 is 29.3 Å². The van der Waals surface area contributed by atoms with Crippen LogP contribution >= 0.6 is 11.8 Å².